The summed E-state index contributed by atoms with van der Waals surface area (Å²) in [7, 11) is 0. The Hall–Kier alpha value is -3.93. The number of ether oxygens (including phenoxy) is 1. The van der Waals surface area contributed by atoms with Crippen molar-refractivity contribution in [1.29, 1.82) is 0 Å². The third kappa shape index (κ3) is 6.23. The van der Waals surface area contributed by atoms with E-state index in [4.69, 9.17) is 14.7 Å². The van der Waals surface area contributed by atoms with Gasteiger partial charge in [-0.25, -0.2) is 0 Å². The number of nitrogens with one attached hydrogen (secondary N) is 2. The third-order valence-corrected chi connectivity index (χ3v) is 9.83. The van der Waals surface area contributed by atoms with Gasteiger partial charge in [-0.2, -0.15) is 0 Å². The summed E-state index contributed by atoms with van der Waals surface area (Å²) in [4.78, 5) is 31.3. The lowest BCUT2D eigenvalue weighted by atomic mass is 9.89. The van der Waals surface area contributed by atoms with Gasteiger partial charge >= 0.3 is 0 Å². The first-order valence-corrected chi connectivity index (χ1v) is 17.3. The second kappa shape index (κ2) is 13.8. The van der Waals surface area contributed by atoms with Crippen molar-refractivity contribution in [1.82, 2.24) is 19.9 Å². The molecule has 0 fully saturated rings. The summed E-state index contributed by atoms with van der Waals surface area (Å²) in [5, 5.41) is 0. The Morgan fingerprint density at radius 1 is 1.00 bits per heavy atom. The highest BCUT2D eigenvalue weighted by Crippen LogP contribution is 2.41. The van der Waals surface area contributed by atoms with Crippen molar-refractivity contribution < 1.29 is 9.53 Å². The molecule has 2 atom stereocenters. The molecule has 0 saturated heterocycles. The Morgan fingerprint density at radius 2 is 1.72 bits per heavy atom. The van der Waals surface area contributed by atoms with Crippen LogP contribution in [0.15, 0.2) is 30.9 Å². The van der Waals surface area contributed by atoms with Crippen molar-refractivity contribution in [3.63, 3.8) is 0 Å². The Kier molecular flexibility index (Phi) is 10.0. The minimum atomic E-state index is 0.0477. The first-order chi connectivity index (χ1) is 22.0. The molecule has 6 bridgehead atoms. The number of rotatable bonds is 8. The molecule has 46 heavy (non-hydrogen) atoms. The molecule has 3 aromatic heterocycles. The molecule has 0 amide bonds. The van der Waals surface area contributed by atoms with Crippen molar-refractivity contribution in [2.75, 3.05) is 6.61 Å². The van der Waals surface area contributed by atoms with Gasteiger partial charge in [-0.15, -0.1) is 0 Å². The van der Waals surface area contributed by atoms with Crippen LogP contribution in [-0.4, -0.2) is 32.3 Å². The predicted molar refractivity (Wildman–Crippen MR) is 192 cm³/mol. The molecule has 2 aliphatic rings. The zero-order valence-electron chi connectivity index (χ0n) is 29.4. The predicted octanol–water partition coefficient (Wildman–Crippen LogP) is 10.8. The first kappa shape index (κ1) is 33.4. The van der Waals surface area contributed by atoms with Gasteiger partial charge in [-0.3, -0.25) is 14.8 Å². The van der Waals surface area contributed by atoms with Crippen LogP contribution in [0.1, 0.15) is 154 Å². The van der Waals surface area contributed by atoms with E-state index in [9.17, 15) is 4.79 Å². The summed E-state index contributed by atoms with van der Waals surface area (Å²) < 4.78 is 6.40. The standard InChI is InChI=1S/C40H52N4O2/c1-11-14-16-28-21-46-27(10)38-25(8)34-19-35-29(13-3)23(6)32(42-35)20-36-37(26(9)45)24(7)33(43-36)18-31(22(4)5)41-30(17-15-12-2)39(28)40(38)44-34/h16,18-20,22-23,29,43-44H,10-15,17,21H2,1-9H3/b28-16+,31-18?,32-20?,33-18?,34-19?,35-19?,36-20?,39-30?,41-30?,41-31?. The number of allylic oxidation sites excluding steroid dienone is 1. The van der Waals surface area contributed by atoms with Crippen LogP contribution in [0.5, 0.6) is 0 Å². The van der Waals surface area contributed by atoms with E-state index in [0.717, 1.165) is 117 Å². The largest absolute Gasteiger partial charge is 0.489 e. The molecule has 0 radical (unpaired) electrons. The molecule has 2 unspecified atom stereocenters. The quantitative estimate of drug-likeness (QED) is 0.245. The Labute approximate surface area is 274 Å². The number of fused-ring (bicyclic) bond motifs is 5. The van der Waals surface area contributed by atoms with E-state index in [0.29, 0.717) is 12.4 Å². The fourth-order valence-corrected chi connectivity index (χ4v) is 7.09. The van der Waals surface area contributed by atoms with Crippen LogP contribution in [-0.2, 0) is 11.2 Å². The molecule has 3 aromatic rings. The van der Waals surface area contributed by atoms with Gasteiger partial charge in [0.2, 0.25) is 0 Å². The van der Waals surface area contributed by atoms with E-state index in [1.807, 2.05) is 6.92 Å². The van der Waals surface area contributed by atoms with Crippen molar-refractivity contribution >= 4 is 39.2 Å². The third-order valence-electron chi connectivity index (χ3n) is 9.83. The van der Waals surface area contributed by atoms with Crippen LogP contribution in [0, 0.1) is 13.8 Å². The lowest BCUT2D eigenvalue weighted by molar-refractivity contribution is 0.101. The monoisotopic (exact) mass is 620 g/mol. The zero-order chi connectivity index (χ0) is 33.3. The van der Waals surface area contributed by atoms with E-state index in [2.05, 4.69) is 89.3 Å². The molecule has 5 rings (SSSR count). The lowest BCUT2D eigenvalue weighted by Crippen LogP contribution is -2.03. The van der Waals surface area contributed by atoms with Crippen LogP contribution < -0.4 is 0 Å². The van der Waals surface area contributed by atoms with Crippen LogP contribution in [0.25, 0.3) is 33.4 Å². The summed E-state index contributed by atoms with van der Waals surface area (Å²) in [6.45, 7) is 24.0. The number of unbranched alkanes of at least 4 members (excludes halogenated alkanes) is 2. The molecule has 0 spiro atoms. The van der Waals surface area contributed by atoms with Crippen molar-refractivity contribution in [3.8, 4) is 0 Å². The van der Waals surface area contributed by atoms with Gasteiger partial charge in [-0.1, -0.05) is 67.0 Å². The Bertz CT molecular complexity index is 1850. The zero-order valence-corrected chi connectivity index (χ0v) is 29.4. The normalized spacial score (nSPS) is 17.8. The summed E-state index contributed by atoms with van der Waals surface area (Å²) in [6.07, 6.45) is 8.21. The number of ketones is 1. The highest BCUT2D eigenvalue weighted by atomic mass is 16.5. The van der Waals surface area contributed by atoms with Crippen LogP contribution in [0.2, 0.25) is 0 Å². The minimum Gasteiger partial charge on any atom is -0.489 e. The molecule has 0 aromatic carbocycles. The Balaban J connectivity index is 2.08. The first-order valence-electron chi connectivity index (χ1n) is 17.3. The maximum absolute atomic E-state index is 13.0. The highest BCUT2D eigenvalue weighted by molar-refractivity contribution is 6.04. The van der Waals surface area contributed by atoms with Crippen LogP contribution >= 0.6 is 0 Å². The number of hydrogen-bond donors (Lipinski definition) is 2. The summed E-state index contributed by atoms with van der Waals surface area (Å²) in [5.74, 6) is 1.36. The molecule has 5 heterocycles. The summed E-state index contributed by atoms with van der Waals surface area (Å²) >= 11 is 0. The van der Waals surface area contributed by atoms with E-state index in [1.54, 1.807) is 6.92 Å². The number of H-pyrrole nitrogens is 2. The van der Waals surface area contributed by atoms with Gasteiger partial charge in [0.1, 0.15) is 12.4 Å². The lowest BCUT2D eigenvalue weighted by Gasteiger charge is -2.13. The van der Waals surface area contributed by atoms with Crippen LogP contribution in [0.3, 0.4) is 0 Å². The van der Waals surface area contributed by atoms with Gasteiger partial charge in [0.15, 0.2) is 5.78 Å². The number of carbonyl (C=O) groups excluding carboxylic acids is 1. The number of aromatic amines is 2. The molecule has 6 heteroatoms. The molecule has 0 saturated carbocycles. The second-order valence-electron chi connectivity index (χ2n) is 13.5. The fraction of sp³-hybridized carbons (Fsp3) is 0.475. The van der Waals surface area contributed by atoms with E-state index < -0.39 is 0 Å². The molecule has 2 N–H and O–H groups in total. The molecule has 244 valence electrons. The van der Waals surface area contributed by atoms with Crippen molar-refractivity contribution in [2.24, 2.45) is 0 Å². The van der Waals surface area contributed by atoms with Crippen molar-refractivity contribution in [3.05, 3.63) is 81.4 Å². The van der Waals surface area contributed by atoms with E-state index in [1.165, 1.54) is 0 Å². The van der Waals surface area contributed by atoms with Crippen LogP contribution in [0.4, 0.5) is 0 Å². The number of aryl methyl sites for hydroxylation is 3. The topological polar surface area (TPSA) is 83.7 Å². The molecule has 6 nitrogen and oxygen atoms in total. The molecule has 2 aliphatic heterocycles. The maximum atomic E-state index is 13.0. The highest BCUT2D eigenvalue weighted by Gasteiger charge is 2.29. The second-order valence-corrected chi connectivity index (χ2v) is 13.5. The molecular formula is C40H52N4O2. The maximum Gasteiger partial charge on any atom is 0.162 e. The SMILES string of the molecule is C=C1OC/C(=C\CCC)c2c(CCCC)nc(C(C)C)cc3[nH]c(cc4nc(cc5[nH]c2c1c5C)C(CC)C4C)c(C(C)=O)c3C. The number of hydrogen-bond acceptors (Lipinski definition) is 4. The van der Waals surface area contributed by atoms with Crippen molar-refractivity contribution in [2.45, 2.75) is 119 Å². The van der Waals surface area contributed by atoms with E-state index in [-0.39, 0.29) is 23.5 Å². The average Bonchev–Trinajstić information content (AvgIpc) is 3.57. The smallest absolute Gasteiger partial charge is 0.162 e. The van der Waals surface area contributed by atoms with E-state index >= 15 is 0 Å². The van der Waals surface area contributed by atoms with Gasteiger partial charge < -0.3 is 14.7 Å². The van der Waals surface area contributed by atoms with Gasteiger partial charge in [-0.05, 0) is 87.3 Å². The number of aromatic nitrogens is 4. The Morgan fingerprint density at radius 3 is 2.37 bits per heavy atom. The summed E-state index contributed by atoms with van der Waals surface area (Å²) in [5.41, 5.74) is 14.0. The van der Waals surface area contributed by atoms with Gasteiger partial charge in [0.25, 0.3) is 0 Å². The van der Waals surface area contributed by atoms with Gasteiger partial charge in [0, 0.05) is 56.6 Å². The number of Topliss-reactive ketones (excluding diaryl/α,β-unsaturated/α-hetero) is 1. The average molecular weight is 621 g/mol. The summed E-state index contributed by atoms with van der Waals surface area (Å²) in [6, 6.07) is 6.46. The van der Waals surface area contributed by atoms with Gasteiger partial charge in [0.05, 0.1) is 16.7 Å². The number of carbonyl (C=O) groups is 1. The minimum absolute atomic E-state index is 0.0477. The number of nitrogens with zero attached hydrogens (tertiary/aromatic N) is 2. The fourth-order valence-electron chi connectivity index (χ4n) is 7.09. The molecule has 0 aliphatic carbocycles. The molecular weight excluding hydrogens is 568 g/mol.